The number of fused-ring (bicyclic) bond motifs is 2. The lowest BCUT2D eigenvalue weighted by molar-refractivity contribution is -0.144. The number of amides is 6. The van der Waals surface area contributed by atoms with Gasteiger partial charge in [-0.2, -0.15) is 0 Å². The first kappa shape index (κ1) is 64.1. The molecule has 3 aromatic rings. The number of nitrogens with zero attached hydrogens (tertiary/aromatic N) is 3. The molecule has 16 N–H and O–H groups in total. The van der Waals surface area contributed by atoms with Crippen LogP contribution in [0.4, 0.5) is 5.69 Å². The highest BCUT2D eigenvalue weighted by Gasteiger charge is 2.33. The van der Waals surface area contributed by atoms with Gasteiger partial charge in [-0.05, 0) is 68.6 Å². The predicted molar refractivity (Wildman–Crippen MR) is 279 cm³/mol. The molecule has 1 aliphatic heterocycles. The lowest BCUT2D eigenvalue weighted by Gasteiger charge is -2.26. The molecule has 0 aliphatic carbocycles. The Bertz CT molecular complexity index is 2400. The van der Waals surface area contributed by atoms with Crippen LogP contribution >= 0.6 is 0 Å². The zero-order valence-electron chi connectivity index (χ0n) is 44.2. The second-order valence-corrected chi connectivity index (χ2v) is 19.3. The number of rotatable bonds is 34. The highest BCUT2D eigenvalue weighted by atomic mass is 16.5. The number of imidazole rings is 1. The molecule has 4 rings (SSSR count). The van der Waals surface area contributed by atoms with Crippen molar-refractivity contribution in [3.63, 3.8) is 0 Å². The molecule has 0 fully saturated rings. The van der Waals surface area contributed by atoms with Crippen molar-refractivity contribution < 1.29 is 84.3 Å². The Balaban J connectivity index is 1.34. The highest BCUT2D eigenvalue weighted by molar-refractivity contribution is 5.96. The maximum Gasteiger partial charge on any atom is 0.308 e. The number of aliphatic hydroxyl groups is 9. The van der Waals surface area contributed by atoms with Gasteiger partial charge in [-0.3, -0.25) is 33.6 Å². The molecule has 0 saturated carbocycles. The van der Waals surface area contributed by atoms with Crippen LogP contribution in [0.25, 0.3) is 11.0 Å². The number of aromatic nitrogens is 2. The Morgan fingerprint density at radius 1 is 0.795 bits per heavy atom. The molecule has 6 amide bonds. The van der Waals surface area contributed by atoms with Gasteiger partial charge in [-0.15, -0.1) is 0 Å². The number of esters is 1. The molecule has 0 saturated heterocycles. The van der Waals surface area contributed by atoms with E-state index in [1.807, 2.05) is 24.3 Å². The molecule has 27 heteroatoms. The van der Waals surface area contributed by atoms with Gasteiger partial charge in [0, 0.05) is 70.3 Å². The van der Waals surface area contributed by atoms with E-state index in [2.05, 4.69) is 41.9 Å². The number of aromatic amines is 1. The number of H-pyrrole nitrogens is 1. The quantitative estimate of drug-likeness (QED) is 0.0200. The van der Waals surface area contributed by atoms with Gasteiger partial charge in [0.15, 0.2) is 0 Å². The molecular weight excluding hydrogens is 1020 g/mol. The number of carbonyl (C=O) groups is 7. The van der Waals surface area contributed by atoms with Gasteiger partial charge in [0.1, 0.15) is 36.2 Å². The Morgan fingerprint density at radius 3 is 2.10 bits per heavy atom. The molecule has 4 unspecified atom stereocenters. The van der Waals surface area contributed by atoms with Crippen molar-refractivity contribution in [2.24, 2.45) is 0 Å². The fourth-order valence-electron chi connectivity index (χ4n) is 8.49. The number of methoxy groups -OCH3 is 1. The first-order chi connectivity index (χ1) is 37.2. The van der Waals surface area contributed by atoms with E-state index in [1.54, 1.807) is 30.1 Å². The third kappa shape index (κ3) is 20.1. The molecular formula is C51H78N10O17. The van der Waals surface area contributed by atoms with E-state index in [4.69, 9.17) is 14.9 Å². The fourth-order valence-corrected chi connectivity index (χ4v) is 8.49. The summed E-state index contributed by atoms with van der Waals surface area (Å²) >= 11 is 0. The zero-order chi connectivity index (χ0) is 57.5. The van der Waals surface area contributed by atoms with Crippen molar-refractivity contribution in [3.8, 4) is 0 Å². The first-order valence-corrected chi connectivity index (χ1v) is 25.9. The molecule has 27 nitrogen and oxygen atoms in total. The molecule has 434 valence electrons. The zero-order valence-corrected chi connectivity index (χ0v) is 44.2. The highest BCUT2D eigenvalue weighted by Crippen LogP contribution is 2.27. The molecule has 2 heterocycles. The molecule has 0 radical (unpaired) electrons. The monoisotopic (exact) mass is 1100 g/mol. The van der Waals surface area contributed by atoms with Crippen LogP contribution in [0.1, 0.15) is 86.0 Å². The minimum absolute atomic E-state index is 0.0938. The van der Waals surface area contributed by atoms with Gasteiger partial charge in [0.2, 0.25) is 29.5 Å². The molecule has 2 aromatic carbocycles. The number of likely N-dealkylation sites (N-methyl/N-ethyl adjacent to an activating group) is 1. The number of hydrogen-bond acceptors (Lipinski definition) is 20. The van der Waals surface area contributed by atoms with E-state index in [-0.39, 0.29) is 76.5 Å². The Kier molecular flexibility index (Phi) is 26.7. The van der Waals surface area contributed by atoms with Crippen LogP contribution in [0, 0.1) is 0 Å². The van der Waals surface area contributed by atoms with Gasteiger partial charge in [0.25, 0.3) is 5.91 Å². The predicted octanol–water partition coefficient (Wildman–Crippen LogP) is -4.04. The van der Waals surface area contributed by atoms with Gasteiger partial charge >= 0.3 is 5.97 Å². The second-order valence-electron chi connectivity index (χ2n) is 19.3. The van der Waals surface area contributed by atoms with E-state index in [1.165, 1.54) is 19.1 Å². The first-order valence-electron chi connectivity index (χ1n) is 25.9. The summed E-state index contributed by atoms with van der Waals surface area (Å²) < 4.78 is 4.87. The topological polar surface area (TPSA) is 418 Å². The van der Waals surface area contributed by atoms with E-state index in [0.717, 1.165) is 11.0 Å². The largest absolute Gasteiger partial charge is 0.469 e. The number of unbranched alkanes of at least 4 members (excludes halogenated alkanes) is 3. The van der Waals surface area contributed by atoms with Crippen molar-refractivity contribution >= 4 is 58.1 Å². The summed E-state index contributed by atoms with van der Waals surface area (Å²) in [6, 6.07) is 9.35. The SMILES string of the molecule is CN[C@@H](CCC(=O)NCC(O)[C@H](O)C[C@H](O)CO)C(=O)N[C@@H](CCC(=O)NCC(O)C(O)[C@H](O)[C@@H](O)CO)C(=O)NCCCCCCN1Cc2cc(C(=O)N(C)Cc3nc4ccccc4[nH]3)ccc2NC(CC(=O)OC)C1=O. The summed E-state index contributed by atoms with van der Waals surface area (Å²) in [6.07, 6.45) is -10.9. The molecule has 1 aliphatic rings. The van der Waals surface area contributed by atoms with Crippen LogP contribution in [0.15, 0.2) is 42.5 Å². The Labute approximate surface area is 451 Å². The molecule has 1 aromatic heterocycles. The van der Waals surface area contributed by atoms with Crippen LogP contribution in [0.2, 0.25) is 0 Å². The maximum absolute atomic E-state index is 13.9. The van der Waals surface area contributed by atoms with E-state index in [0.29, 0.717) is 54.9 Å². The molecule has 10 atom stereocenters. The van der Waals surface area contributed by atoms with E-state index in [9.17, 15) is 69.3 Å². The number of carbonyl (C=O) groups excluding carboxylic acids is 7. The normalized spacial score (nSPS) is 16.9. The van der Waals surface area contributed by atoms with Crippen molar-refractivity contribution in [3.05, 3.63) is 59.4 Å². The third-order valence-electron chi connectivity index (χ3n) is 13.2. The summed E-state index contributed by atoms with van der Waals surface area (Å²) in [6.45, 7) is -1.72. The van der Waals surface area contributed by atoms with Crippen molar-refractivity contribution in [1.82, 2.24) is 46.4 Å². The smallest absolute Gasteiger partial charge is 0.308 e. The van der Waals surface area contributed by atoms with Gasteiger partial charge in [-0.1, -0.05) is 25.0 Å². The number of nitrogens with one attached hydrogen (secondary N) is 7. The number of para-hydroxylation sites is 2. The average molecular weight is 1100 g/mol. The number of aliphatic hydroxyl groups excluding tert-OH is 9. The summed E-state index contributed by atoms with van der Waals surface area (Å²) in [4.78, 5) is 103. The summed E-state index contributed by atoms with van der Waals surface area (Å²) in [5.74, 6) is -3.27. The van der Waals surface area contributed by atoms with Gasteiger partial charge in [-0.25, -0.2) is 4.98 Å². The maximum atomic E-state index is 13.9. The van der Waals surface area contributed by atoms with Crippen molar-refractivity contribution in [2.45, 2.75) is 138 Å². The van der Waals surface area contributed by atoms with E-state index < -0.39 is 110 Å². The fraction of sp³-hybridized carbons (Fsp3) is 0.608. The average Bonchev–Trinajstić information content (AvgIpc) is 3.81. The number of hydrogen-bond donors (Lipinski definition) is 16. The lowest BCUT2D eigenvalue weighted by Crippen LogP contribution is -2.53. The van der Waals surface area contributed by atoms with Crippen LogP contribution < -0.4 is 31.9 Å². The van der Waals surface area contributed by atoms with Crippen LogP contribution in [-0.4, -0.2) is 229 Å². The standard InChI is InChI=1S/C51H78N10O17/c1-52-35(14-16-43(69)54-23-39(66)38(65)21-31(64)27-62)49(75)59-36(15-17-44(70)55-24-40(67)46(72)47(73)41(68)28-63)48(74)53-18-8-4-5-9-19-61-25-30-20-29(12-13-32(30)56-37(51(61)77)22-45(71)78-3)50(76)60(2)26-42-57-33-10-6-7-11-34(33)58-42/h6-7,10-13,20,31,35-41,46-47,52,56,62-68,72-73H,4-5,8-9,14-19,21-28H2,1-3H3,(H,53,74)(H,54,69)(H,55,70)(H,57,58)(H,59,75)/t31-,35-,36-,37?,38+,39?,40?,41-,46?,47+/m0/s1. The minimum atomic E-state index is -1.94. The molecule has 0 bridgehead atoms. The third-order valence-corrected chi connectivity index (χ3v) is 13.2. The van der Waals surface area contributed by atoms with Crippen LogP contribution in [0.5, 0.6) is 0 Å². The molecule has 78 heavy (non-hydrogen) atoms. The minimum Gasteiger partial charge on any atom is -0.469 e. The van der Waals surface area contributed by atoms with Crippen molar-refractivity contribution in [2.75, 3.05) is 65.9 Å². The van der Waals surface area contributed by atoms with Gasteiger partial charge < -0.3 is 97.4 Å². The number of anilines is 1. The number of benzene rings is 2. The molecule has 0 spiro atoms. The Hall–Kier alpha value is -6.40. The number of ether oxygens (including phenoxy) is 1. The Morgan fingerprint density at radius 2 is 1.45 bits per heavy atom. The van der Waals surface area contributed by atoms with Crippen molar-refractivity contribution in [1.29, 1.82) is 0 Å². The lowest BCUT2D eigenvalue weighted by atomic mass is 10.0. The van der Waals surface area contributed by atoms with Gasteiger partial charge in [0.05, 0.1) is 74.8 Å². The summed E-state index contributed by atoms with van der Waals surface area (Å²) in [7, 11) is 4.34. The van der Waals surface area contributed by atoms with Crippen LogP contribution in [0.3, 0.4) is 0 Å². The second kappa shape index (κ2) is 32.5. The summed E-state index contributed by atoms with van der Waals surface area (Å²) in [5.41, 5.74) is 3.26. The van der Waals surface area contributed by atoms with E-state index >= 15 is 0 Å². The summed E-state index contributed by atoms with van der Waals surface area (Å²) in [5, 5.41) is 104. The van der Waals surface area contributed by atoms with Crippen LogP contribution in [-0.2, 0) is 46.6 Å².